The van der Waals surface area contributed by atoms with E-state index in [2.05, 4.69) is 24.6 Å². The van der Waals surface area contributed by atoms with E-state index in [4.69, 9.17) is 18.0 Å². The molecule has 0 saturated carbocycles. The first-order chi connectivity index (χ1) is 8.15. The van der Waals surface area contributed by atoms with Crippen LogP contribution in [0.5, 0.6) is 0 Å². The van der Waals surface area contributed by atoms with Crippen LogP contribution < -0.4 is 11.1 Å². The van der Waals surface area contributed by atoms with Gasteiger partial charge in [-0.2, -0.15) is 11.8 Å². The lowest BCUT2D eigenvalue weighted by Crippen LogP contribution is -2.14. The van der Waals surface area contributed by atoms with Crippen molar-refractivity contribution >= 4 is 34.7 Å². The van der Waals surface area contributed by atoms with E-state index >= 15 is 0 Å². The fourth-order valence-corrected chi connectivity index (χ4v) is 2.28. The van der Waals surface area contributed by atoms with Crippen LogP contribution >= 0.6 is 24.0 Å². The fraction of sp³-hybridized carbons (Fsp3) is 0.462. The summed E-state index contributed by atoms with van der Waals surface area (Å²) in [5.74, 6) is 1.22. The maximum atomic E-state index is 5.70. The highest BCUT2D eigenvalue weighted by Crippen LogP contribution is 2.17. The van der Waals surface area contributed by atoms with Crippen LogP contribution in [0.1, 0.15) is 24.0 Å². The summed E-state index contributed by atoms with van der Waals surface area (Å²) < 4.78 is 0. The van der Waals surface area contributed by atoms with E-state index in [0.717, 1.165) is 17.8 Å². The monoisotopic (exact) mass is 268 g/mol. The van der Waals surface area contributed by atoms with E-state index in [0.29, 0.717) is 4.99 Å². The quantitative estimate of drug-likeness (QED) is 0.588. The molecule has 0 aliphatic heterocycles. The molecule has 4 heteroatoms. The van der Waals surface area contributed by atoms with Crippen molar-refractivity contribution in [3.05, 3.63) is 29.3 Å². The average Bonchev–Trinajstić information content (AvgIpc) is 2.28. The number of benzene rings is 1. The molecule has 94 valence electrons. The molecule has 0 amide bonds. The van der Waals surface area contributed by atoms with Crippen LogP contribution in [0, 0.1) is 6.92 Å². The first-order valence-corrected chi connectivity index (χ1v) is 7.58. The topological polar surface area (TPSA) is 38.0 Å². The molecule has 2 nitrogen and oxygen atoms in total. The molecule has 0 atom stereocenters. The van der Waals surface area contributed by atoms with Crippen LogP contribution in [0.4, 0.5) is 5.69 Å². The number of anilines is 1. The van der Waals surface area contributed by atoms with Gasteiger partial charge in [0.15, 0.2) is 0 Å². The Hall–Kier alpha value is -0.740. The highest BCUT2D eigenvalue weighted by molar-refractivity contribution is 7.98. The number of rotatable bonds is 7. The molecular formula is C13H20N2S2. The number of unbranched alkanes of at least 4 members (excludes halogenated alkanes) is 1. The third kappa shape index (κ3) is 4.96. The predicted octanol–water partition coefficient (Wildman–Crippen LogP) is 3.18. The first-order valence-electron chi connectivity index (χ1n) is 5.78. The lowest BCUT2D eigenvalue weighted by molar-refractivity contribution is 0.843. The lowest BCUT2D eigenvalue weighted by Gasteiger charge is -2.12. The third-order valence-electron chi connectivity index (χ3n) is 2.53. The maximum absolute atomic E-state index is 5.70. The Balaban J connectivity index is 2.56. The summed E-state index contributed by atoms with van der Waals surface area (Å²) in [5.41, 5.74) is 8.92. The molecule has 0 saturated heterocycles. The molecule has 17 heavy (non-hydrogen) atoms. The van der Waals surface area contributed by atoms with Crippen molar-refractivity contribution in [3.8, 4) is 0 Å². The van der Waals surface area contributed by atoms with Gasteiger partial charge in [0.05, 0.1) is 0 Å². The number of nitrogens with one attached hydrogen (secondary N) is 1. The predicted molar refractivity (Wildman–Crippen MR) is 83.2 cm³/mol. The third-order valence-corrected chi connectivity index (χ3v) is 3.45. The smallest absolute Gasteiger partial charge is 0.106 e. The second-order valence-corrected chi connectivity index (χ2v) is 5.47. The number of hydrogen-bond donors (Lipinski definition) is 2. The van der Waals surface area contributed by atoms with Crippen molar-refractivity contribution in [3.63, 3.8) is 0 Å². The van der Waals surface area contributed by atoms with E-state index < -0.39 is 0 Å². The standard InChI is InChI=1S/C13H20N2S2/c1-10-5-6-11(13(14)16)12(9-10)15-7-3-4-8-17-2/h5-6,9,15H,3-4,7-8H2,1-2H3,(H2,14,16). The van der Waals surface area contributed by atoms with Gasteiger partial charge < -0.3 is 11.1 Å². The second-order valence-electron chi connectivity index (χ2n) is 4.04. The number of hydrogen-bond acceptors (Lipinski definition) is 3. The molecular weight excluding hydrogens is 248 g/mol. The summed E-state index contributed by atoms with van der Waals surface area (Å²) in [7, 11) is 0. The number of nitrogens with two attached hydrogens (primary N) is 1. The van der Waals surface area contributed by atoms with Crippen molar-refractivity contribution in [1.82, 2.24) is 0 Å². The first kappa shape index (κ1) is 14.3. The molecule has 0 heterocycles. The van der Waals surface area contributed by atoms with Crippen LogP contribution in [0.2, 0.25) is 0 Å². The summed E-state index contributed by atoms with van der Waals surface area (Å²) >= 11 is 6.94. The maximum Gasteiger partial charge on any atom is 0.106 e. The van der Waals surface area contributed by atoms with Gasteiger partial charge in [-0.15, -0.1) is 0 Å². The van der Waals surface area contributed by atoms with Crippen molar-refractivity contribution in [2.24, 2.45) is 5.73 Å². The summed E-state index contributed by atoms with van der Waals surface area (Å²) in [6.45, 7) is 3.04. The highest BCUT2D eigenvalue weighted by Gasteiger charge is 2.04. The summed E-state index contributed by atoms with van der Waals surface area (Å²) in [4.78, 5) is 0.455. The van der Waals surface area contributed by atoms with Crippen LogP contribution in [0.15, 0.2) is 18.2 Å². The molecule has 0 aliphatic carbocycles. The number of aryl methyl sites for hydroxylation is 1. The van der Waals surface area contributed by atoms with Gasteiger partial charge in [0.25, 0.3) is 0 Å². The zero-order valence-corrected chi connectivity index (χ0v) is 12.1. The SMILES string of the molecule is CSCCCCNc1cc(C)ccc1C(N)=S. The minimum absolute atomic E-state index is 0.455. The fourth-order valence-electron chi connectivity index (χ4n) is 1.61. The average molecular weight is 268 g/mol. The van der Waals surface area contributed by atoms with Crippen molar-refractivity contribution in [2.75, 3.05) is 23.9 Å². The van der Waals surface area contributed by atoms with E-state index in [-0.39, 0.29) is 0 Å². The van der Waals surface area contributed by atoms with Gasteiger partial charge in [0.2, 0.25) is 0 Å². The van der Waals surface area contributed by atoms with Crippen molar-refractivity contribution < 1.29 is 0 Å². The molecule has 0 bridgehead atoms. The van der Waals surface area contributed by atoms with E-state index in [1.54, 1.807) is 0 Å². The van der Waals surface area contributed by atoms with Crippen molar-refractivity contribution in [2.45, 2.75) is 19.8 Å². The van der Waals surface area contributed by atoms with Gasteiger partial charge in [0, 0.05) is 17.8 Å². The Morgan fingerprint density at radius 1 is 1.41 bits per heavy atom. The van der Waals surface area contributed by atoms with Gasteiger partial charge in [-0.05, 0) is 49.5 Å². The molecule has 0 spiro atoms. The molecule has 0 aromatic heterocycles. The largest absolute Gasteiger partial charge is 0.389 e. The van der Waals surface area contributed by atoms with Gasteiger partial charge in [-0.3, -0.25) is 0 Å². The van der Waals surface area contributed by atoms with Gasteiger partial charge in [-0.25, -0.2) is 0 Å². The second kappa shape index (κ2) is 7.56. The molecule has 0 aliphatic rings. The number of thiocarbonyl (C=S) groups is 1. The lowest BCUT2D eigenvalue weighted by atomic mass is 10.1. The van der Waals surface area contributed by atoms with Gasteiger partial charge in [-0.1, -0.05) is 18.3 Å². The molecule has 0 fully saturated rings. The summed E-state index contributed by atoms with van der Waals surface area (Å²) in [6.07, 6.45) is 4.55. The zero-order chi connectivity index (χ0) is 12.7. The summed E-state index contributed by atoms with van der Waals surface area (Å²) in [6, 6.07) is 6.12. The molecule has 1 rings (SSSR count). The summed E-state index contributed by atoms with van der Waals surface area (Å²) in [5, 5.41) is 3.42. The minimum Gasteiger partial charge on any atom is -0.389 e. The normalized spacial score (nSPS) is 10.2. The Morgan fingerprint density at radius 2 is 2.18 bits per heavy atom. The zero-order valence-electron chi connectivity index (χ0n) is 10.5. The Bertz CT molecular complexity index is 378. The van der Waals surface area contributed by atoms with Crippen molar-refractivity contribution in [1.29, 1.82) is 0 Å². The van der Waals surface area contributed by atoms with E-state index in [1.165, 1.54) is 24.2 Å². The Labute approximate surface area is 113 Å². The minimum atomic E-state index is 0.455. The van der Waals surface area contributed by atoms with Crippen LogP contribution in [-0.4, -0.2) is 23.5 Å². The van der Waals surface area contributed by atoms with E-state index in [9.17, 15) is 0 Å². The molecule has 1 aromatic rings. The Kier molecular flexibility index (Phi) is 6.37. The number of thioether (sulfide) groups is 1. The molecule has 1 aromatic carbocycles. The highest BCUT2D eigenvalue weighted by atomic mass is 32.2. The molecule has 0 radical (unpaired) electrons. The Morgan fingerprint density at radius 3 is 2.82 bits per heavy atom. The van der Waals surface area contributed by atoms with Crippen LogP contribution in [0.25, 0.3) is 0 Å². The molecule has 3 N–H and O–H groups in total. The van der Waals surface area contributed by atoms with Crippen LogP contribution in [0.3, 0.4) is 0 Å². The van der Waals surface area contributed by atoms with Gasteiger partial charge in [0.1, 0.15) is 4.99 Å². The molecule has 0 unspecified atom stereocenters. The van der Waals surface area contributed by atoms with Gasteiger partial charge >= 0.3 is 0 Å². The van der Waals surface area contributed by atoms with E-state index in [1.807, 2.05) is 23.9 Å². The van der Waals surface area contributed by atoms with Crippen LogP contribution in [-0.2, 0) is 0 Å².